The van der Waals surface area contributed by atoms with Crippen molar-refractivity contribution in [3.63, 3.8) is 0 Å². The predicted molar refractivity (Wildman–Crippen MR) is 261 cm³/mol. The molecule has 0 saturated heterocycles. The van der Waals surface area contributed by atoms with Crippen molar-refractivity contribution in [2.24, 2.45) is 0 Å². The maximum Gasteiger partial charge on any atom is 0.137 e. The number of para-hydroxylation sites is 2. The van der Waals surface area contributed by atoms with Crippen molar-refractivity contribution in [1.82, 2.24) is 0 Å². The van der Waals surface area contributed by atoms with E-state index in [0.717, 1.165) is 55.7 Å². The molecule has 0 unspecified atom stereocenters. The maximum absolute atomic E-state index is 6.50. The monoisotopic (exact) mass is 791 g/mol. The zero-order chi connectivity index (χ0) is 41.2. The Kier molecular flexibility index (Phi) is 9.57. The van der Waals surface area contributed by atoms with Crippen LogP contribution in [0.15, 0.2) is 253 Å². The van der Waals surface area contributed by atoms with Gasteiger partial charge in [0.25, 0.3) is 0 Å². The summed E-state index contributed by atoms with van der Waals surface area (Å²) in [6.45, 7) is 0. The number of benzene rings is 10. The molecule has 0 bridgehead atoms. The molecule has 0 aliphatic carbocycles. The third-order valence-electron chi connectivity index (χ3n) is 11.9. The van der Waals surface area contributed by atoms with Crippen molar-refractivity contribution in [2.75, 3.05) is 4.90 Å². The van der Waals surface area contributed by atoms with E-state index in [4.69, 9.17) is 4.42 Å². The number of rotatable bonds is 9. The highest BCUT2D eigenvalue weighted by atomic mass is 16.3. The molecule has 0 N–H and O–H groups in total. The quantitative estimate of drug-likeness (QED) is 0.145. The van der Waals surface area contributed by atoms with E-state index in [1.807, 2.05) is 12.1 Å². The van der Waals surface area contributed by atoms with E-state index in [9.17, 15) is 0 Å². The van der Waals surface area contributed by atoms with Crippen molar-refractivity contribution in [3.8, 4) is 66.8 Å². The van der Waals surface area contributed by atoms with Crippen molar-refractivity contribution >= 4 is 39.0 Å². The van der Waals surface area contributed by atoms with Crippen LogP contribution in [0, 0.1) is 0 Å². The van der Waals surface area contributed by atoms with Gasteiger partial charge in [0, 0.05) is 33.8 Å². The highest BCUT2D eigenvalue weighted by Crippen LogP contribution is 2.47. The highest BCUT2D eigenvalue weighted by Gasteiger charge is 2.22. The van der Waals surface area contributed by atoms with E-state index in [1.54, 1.807) is 0 Å². The first-order chi connectivity index (χ1) is 30.7. The molecular weight excluding hydrogens is 751 g/mol. The first kappa shape index (κ1) is 36.8. The average Bonchev–Trinajstić information content (AvgIpc) is 3.73. The lowest BCUT2D eigenvalue weighted by molar-refractivity contribution is 0.669. The van der Waals surface area contributed by atoms with Crippen LogP contribution in [0.3, 0.4) is 0 Å². The lowest BCUT2D eigenvalue weighted by Crippen LogP contribution is -2.11. The van der Waals surface area contributed by atoms with Crippen LogP contribution in [0.2, 0.25) is 0 Å². The summed E-state index contributed by atoms with van der Waals surface area (Å²) < 4.78 is 6.50. The second kappa shape index (κ2) is 16.1. The molecule has 10 aromatic carbocycles. The zero-order valence-electron chi connectivity index (χ0n) is 34.0. The Morgan fingerprint density at radius 3 is 1.35 bits per heavy atom. The molecule has 0 spiro atoms. The summed E-state index contributed by atoms with van der Waals surface area (Å²) in [6.07, 6.45) is 0. The standard InChI is InChI=1S/C60H41NO/c1-4-16-42(17-5-1)44-28-30-45(31-29-44)46-32-35-49(36-33-46)61(50-37-39-56-55-25-13-15-27-59(55)62-60(56)41-50)58-26-14-12-24-54(58)52-22-10-11-23-53(52)57-40-48(43-18-6-2-7-19-43)34-38-51(57)47-20-8-3-9-21-47/h1-41H. The second-order valence-corrected chi connectivity index (χ2v) is 15.7. The van der Waals surface area contributed by atoms with Crippen molar-refractivity contribution in [2.45, 2.75) is 0 Å². The van der Waals surface area contributed by atoms with Crippen LogP contribution in [0.25, 0.3) is 88.7 Å². The molecule has 0 saturated carbocycles. The number of anilines is 3. The van der Waals surface area contributed by atoms with Crippen LogP contribution >= 0.6 is 0 Å². The first-order valence-electron chi connectivity index (χ1n) is 21.2. The zero-order valence-corrected chi connectivity index (χ0v) is 34.0. The Balaban J connectivity index is 1.07. The highest BCUT2D eigenvalue weighted by molar-refractivity contribution is 6.06. The van der Waals surface area contributed by atoms with Crippen LogP contribution in [-0.4, -0.2) is 0 Å². The molecule has 0 aliphatic heterocycles. The molecule has 0 radical (unpaired) electrons. The van der Waals surface area contributed by atoms with Crippen LogP contribution in [0.4, 0.5) is 17.1 Å². The summed E-state index contributed by atoms with van der Waals surface area (Å²) in [5.41, 5.74) is 19.0. The van der Waals surface area contributed by atoms with E-state index in [1.165, 1.54) is 50.1 Å². The molecule has 0 amide bonds. The Bertz CT molecular complexity index is 3310. The van der Waals surface area contributed by atoms with Gasteiger partial charge < -0.3 is 9.32 Å². The minimum absolute atomic E-state index is 0.854. The van der Waals surface area contributed by atoms with E-state index in [0.29, 0.717) is 0 Å². The van der Waals surface area contributed by atoms with Crippen molar-refractivity contribution < 1.29 is 4.42 Å². The van der Waals surface area contributed by atoms with Crippen LogP contribution in [0.1, 0.15) is 0 Å². The van der Waals surface area contributed by atoms with Crippen LogP contribution in [-0.2, 0) is 0 Å². The normalized spacial score (nSPS) is 11.2. The summed E-state index contributed by atoms with van der Waals surface area (Å²) in [5.74, 6) is 0. The van der Waals surface area contributed by atoms with Gasteiger partial charge in [0.2, 0.25) is 0 Å². The van der Waals surface area contributed by atoms with Crippen LogP contribution in [0.5, 0.6) is 0 Å². The lowest BCUT2D eigenvalue weighted by Gasteiger charge is -2.29. The molecule has 1 aromatic heterocycles. The second-order valence-electron chi connectivity index (χ2n) is 15.7. The third-order valence-corrected chi connectivity index (χ3v) is 11.9. The van der Waals surface area contributed by atoms with Gasteiger partial charge in [-0.15, -0.1) is 0 Å². The minimum Gasteiger partial charge on any atom is -0.456 e. The molecule has 0 atom stereocenters. The van der Waals surface area contributed by atoms with Gasteiger partial charge in [-0.2, -0.15) is 0 Å². The van der Waals surface area contributed by atoms with Gasteiger partial charge >= 0.3 is 0 Å². The fourth-order valence-corrected chi connectivity index (χ4v) is 8.87. The molecule has 11 aromatic rings. The minimum atomic E-state index is 0.854. The van der Waals surface area contributed by atoms with Gasteiger partial charge in [0.1, 0.15) is 11.2 Å². The average molecular weight is 792 g/mol. The molecule has 1 heterocycles. The van der Waals surface area contributed by atoms with Gasteiger partial charge in [0.15, 0.2) is 0 Å². The smallest absolute Gasteiger partial charge is 0.137 e. The third kappa shape index (κ3) is 6.94. The lowest BCUT2D eigenvalue weighted by atomic mass is 9.87. The van der Waals surface area contributed by atoms with E-state index in [2.05, 4.69) is 241 Å². The Morgan fingerprint density at radius 2 is 0.694 bits per heavy atom. The van der Waals surface area contributed by atoms with Crippen LogP contribution < -0.4 is 4.90 Å². The number of fused-ring (bicyclic) bond motifs is 3. The SMILES string of the molecule is c1ccc(-c2ccc(-c3ccc(N(c4ccc5c(c4)oc4ccccc45)c4ccccc4-c4ccccc4-c4cc(-c5ccccc5)ccc4-c4ccccc4)cc3)cc2)cc1. The molecule has 2 heteroatoms. The molecule has 0 aliphatic rings. The van der Waals surface area contributed by atoms with E-state index < -0.39 is 0 Å². The Morgan fingerprint density at radius 1 is 0.242 bits per heavy atom. The number of furan rings is 1. The molecule has 62 heavy (non-hydrogen) atoms. The van der Waals surface area contributed by atoms with Gasteiger partial charge in [0.05, 0.1) is 5.69 Å². The molecular formula is C60H41NO. The van der Waals surface area contributed by atoms with Gasteiger partial charge in [-0.05, 0) is 104 Å². The summed E-state index contributed by atoms with van der Waals surface area (Å²) in [7, 11) is 0. The summed E-state index contributed by atoms with van der Waals surface area (Å²) >= 11 is 0. The molecule has 2 nitrogen and oxygen atoms in total. The van der Waals surface area contributed by atoms with Gasteiger partial charge in [-0.3, -0.25) is 0 Å². The summed E-state index contributed by atoms with van der Waals surface area (Å²) in [4.78, 5) is 2.37. The topological polar surface area (TPSA) is 16.4 Å². The number of hydrogen-bond acceptors (Lipinski definition) is 2. The number of nitrogens with zero attached hydrogens (tertiary/aromatic N) is 1. The van der Waals surface area contributed by atoms with Gasteiger partial charge in [-0.1, -0.05) is 200 Å². The Labute approximate surface area is 362 Å². The molecule has 292 valence electrons. The summed E-state index contributed by atoms with van der Waals surface area (Å²) in [5, 5.41) is 2.22. The molecule has 11 rings (SSSR count). The summed E-state index contributed by atoms with van der Waals surface area (Å²) in [6, 6.07) is 89.1. The van der Waals surface area contributed by atoms with Crippen molar-refractivity contribution in [1.29, 1.82) is 0 Å². The Hall–Kier alpha value is -8.20. The fraction of sp³-hybridized carbons (Fsp3) is 0. The van der Waals surface area contributed by atoms with Crippen molar-refractivity contribution in [3.05, 3.63) is 249 Å². The van der Waals surface area contributed by atoms with E-state index in [-0.39, 0.29) is 0 Å². The molecule has 0 fully saturated rings. The fourth-order valence-electron chi connectivity index (χ4n) is 8.87. The first-order valence-corrected chi connectivity index (χ1v) is 21.2. The number of hydrogen-bond donors (Lipinski definition) is 0. The van der Waals surface area contributed by atoms with E-state index >= 15 is 0 Å². The largest absolute Gasteiger partial charge is 0.456 e. The maximum atomic E-state index is 6.50. The van der Waals surface area contributed by atoms with Gasteiger partial charge in [-0.25, -0.2) is 0 Å². The predicted octanol–water partition coefficient (Wildman–Crippen LogP) is 17.1.